The van der Waals surface area contributed by atoms with Crippen LogP contribution in [0.2, 0.25) is 0 Å². The smallest absolute Gasteiger partial charge is 0.318 e. The number of carbonyl (C=O) groups excluding carboxylic acids is 2. The SMILES string of the molecule is COC(=O)C1CCCCCc2ccccc2CC(CO)NC1=O. The molecule has 1 aromatic rings. The third-order valence-corrected chi connectivity index (χ3v) is 4.39. The van der Waals surface area contributed by atoms with Crippen molar-refractivity contribution in [2.45, 2.75) is 44.6 Å². The maximum Gasteiger partial charge on any atom is 0.318 e. The van der Waals surface area contributed by atoms with E-state index >= 15 is 0 Å². The van der Waals surface area contributed by atoms with Gasteiger partial charge in [-0.25, -0.2) is 0 Å². The lowest BCUT2D eigenvalue weighted by atomic mass is 9.93. The Bertz CT molecular complexity index is 544. The summed E-state index contributed by atoms with van der Waals surface area (Å²) in [6.07, 6.45) is 4.82. The molecule has 2 atom stereocenters. The molecule has 1 amide bonds. The number of aliphatic hydroxyl groups excluding tert-OH is 1. The first kappa shape index (κ1) is 17.5. The molecular weight excluding hydrogens is 294 g/mol. The van der Waals surface area contributed by atoms with Crippen molar-refractivity contribution in [1.29, 1.82) is 0 Å². The summed E-state index contributed by atoms with van der Waals surface area (Å²) in [4.78, 5) is 24.2. The summed E-state index contributed by atoms with van der Waals surface area (Å²) in [7, 11) is 1.30. The van der Waals surface area contributed by atoms with Gasteiger partial charge in [0.15, 0.2) is 0 Å². The standard InChI is InChI=1S/C18H25NO4/c1-23-18(22)16-10-4-2-3-7-13-8-5-6-9-14(13)11-15(12-20)19-17(16)21/h5-6,8-9,15-16,20H,2-4,7,10-12H2,1H3,(H,19,21). The lowest BCUT2D eigenvalue weighted by Crippen LogP contribution is -2.44. The molecule has 5 nitrogen and oxygen atoms in total. The molecule has 0 aliphatic carbocycles. The van der Waals surface area contributed by atoms with Crippen LogP contribution >= 0.6 is 0 Å². The summed E-state index contributed by atoms with van der Waals surface area (Å²) < 4.78 is 4.75. The number of rotatable bonds is 2. The maximum absolute atomic E-state index is 12.4. The first-order valence-corrected chi connectivity index (χ1v) is 8.21. The van der Waals surface area contributed by atoms with Crippen molar-refractivity contribution in [3.8, 4) is 0 Å². The third-order valence-electron chi connectivity index (χ3n) is 4.39. The molecule has 2 N–H and O–H groups in total. The molecule has 0 radical (unpaired) electrons. The number of aryl methyl sites for hydroxylation is 1. The predicted molar refractivity (Wildman–Crippen MR) is 86.8 cm³/mol. The number of benzene rings is 1. The van der Waals surface area contributed by atoms with Gasteiger partial charge in [0.2, 0.25) is 5.91 Å². The molecule has 126 valence electrons. The van der Waals surface area contributed by atoms with E-state index in [0.29, 0.717) is 12.8 Å². The summed E-state index contributed by atoms with van der Waals surface area (Å²) in [5.41, 5.74) is 2.41. The number of hydrogen-bond acceptors (Lipinski definition) is 4. The number of carbonyl (C=O) groups is 2. The van der Waals surface area contributed by atoms with E-state index in [1.165, 1.54) is 12.7 Å². The maximum atomic E-state index is 12.4. The van der Waals surface area contributed by atoms with Crippen LogP contribution in [0.3, 0.4) is 0 Å². The van der Waals surface area contributed by atoms with Crippen molar-refractivity contribution in [3.05, 3.63) is 35.4 Å². The van der Waals surface area contributed by atoms with Gasteiger partial charge in [0.1, 0.15) is 5.92 Å². The summed E-state index contributed by atoms with van der Waals surface area (Å²) in [5.74, 6) is -1.64. The summed E-state index contributed by atoms with van der Waals surface area (Å²) in [6.45, 7) is -0.159. The molecule has 1 aromatic carbocycles. The Labute approximate surface area is 137 Å². The van der Waals surface area contributed by atoms with E-state index in [0.717, 1.165) is 31.2 Å². The van der Waals surface area contributed by atoms with Crippen molar-refractivity contribution >= 4 is 11.9 Å². The van der Waals surface area contributed by atoms with Crippen LogP contribution in [0.25, 0.3) is 0 Å². The van der Waals surface area contributed by atoms with Gasteiger partial charge >= 0.3 is 5.97 Å². The van der Waals surface area contributed by atoms with Crippen LogP contribution in [0, 0.1) is 5.92 Å². The van der Waals surface area contributed by atoms with Crippen molar-refractivity contribution in [1.82, 2.24) is 5.32 Å². The molecule has 0 spiro atoms. The van der Waals surface area contributed by atoms with Crippen molar-refractivity contribution in [2.75, 3.05) is 13.7 Å². The molecule has 1 heterocycles. The zero-order valence-electron chi connectivity index (χ0n) is 13.6. The van der Waals surface area contributed by atoms with Gasteiger partial charge in [-0.15, -0.1) is 0 Å². The number of ether oxygens (including phenoxy) is 1. The number of hydrogen-bond donors (Lipinski definition) is 2. The predicted octanol–water partition coefficient (Wildman–Crippen LogP) is 1.61. The quantitative estimate of drug-likeness (QED) is 0.641. The normalized spacial score (nSPS) is 23.0. The highest BCUT2D eigenvalue weighted by Gasteiger charge is 2.29. The second-order valence-electron chi connectivity index (χ2n) is 6.04. The van der Waals surface area contributed by atoms with E-state index in [-0.39, 0.29) is 12.5 Å². The lowest BCUT2D eigenvalue weighted by Gasteiger charge is -2.22. The van der Waals surface area contributed by atoms with Gasteiger partial charge in [-0.05, 0) is 36.8 Å². The molecule has 2 unspecified atom stereocenters. The van der Waals surface area contributed by atoms with Gasteiger partial charge in [0, 0.05) is 0 Å². The van der Waals surface area contributed by atoms with Crippen LogP contribution in [0.5, 0.6) is 0 Å². The minimum atomic E-state index is -0.788. The molecule has 0 bridgehead atoms. The Morgan fingerprint density at radius 1 is 1.26 bits per heavy atom. The van der Waals surface area contributed by atoms with Crippen molar-refractivity contribution in [2.24, 2.45) is 5.92 Å². The molecule has 0 saturated heterocycles. The van der Waals surface area contributed by atoms with E-state index in [1.54, 1.807) is 0 Å². The molecule has 23 heavy (non-hydrogen) atoms. The van der Waals surface area contributed by atoms with E-state index in [2.05, 4.69) is 11.4 Å². The summed E-state index contributed by atoms with van der Waals surface area (Å²) in [6, 6.07) is 7.74. The number of amides is 1. The number of nitrogens with one attached hydrogen (secondary N) is 1. The van der Waals surface area contributed by atoms with E-state index in [9.17, 15) is 14.7 Å². The minimum Gasteiger partial charge on any atom is -0.468 e. The molecule has 1 aliphatic rings. The lowest BCUT2D eigenvalue weighted by molar-refractivity contribution is -0.150. The number of esters is 1. The van der Waals surface area contributed by atoms with E-state index in [4.69, 9.17) is 4.74 Å². The van der Waals surface area contributed by atoms with E-state index in [1.807, 2.05) is 18.2 Å². The zero-order chi connectivity index (χ0) is 16.7. The Morgan fingerprint density at radius 3 is 2.70 bits per heavy atom. The largest absolute Gasteiger partial charge is 0.468 e. The molecule has 1 aliphatic heterocycles. The van der Waals surface area contributed by atoms with Crippen molar-refractivity contribution in [3.63, 3.8) is 0 Å². The molecular formula is C18H25NO4. The molecule has 0 aromatic heterocycles. The average molecular weight is 319 g/mol. The van der Waals surface area contributed by atoms with Gasteiger partial charge in [-0.1, -0.05) is 37.1 Å². The van der Waals surface area contributed by atoms with Gasteiger partial charge in [-0.2, -0.15) is 0 Å². The van der Waals surface area contributed by atoms with Crippen LogP contribution in [-0.4, -0.2) is 36.7 Å². The van der Waals surface area contributed by atoms with Crippen LogP contribution in [0.1, 0.15) is 36.8 Å². The highest BCUT2D eigenvalue weighted by atomic mass is 16.5. The fourth-order valence-corrected chi connectivity index (χ4v) is 3.07. The Hall–Kier alpha value is -1.88. The van der Waals surface area contributed by atoms with Crippen LogP contribution in [-0.2, 0) is 27.2 Å². The van der Waals surface area contributed by atoms with Crippen LogP contribution in [0.15, 0.2) is 24.3 Å². The summed E-state index contributed by atoms with van der Waals surface area (Å²) in [5, 5.41) is 12.4. The number of aliphatic hydroxyl groups is 1. The fourth-order valence-electron chi connectivity index (χ4n) is 3.07. The van der Waals surface area contributed by atoms with Gasteiger partial charge in [0.25, 0.3) is 0 Å². The van der Waals surface area contributed by atoms with E-state index < -0.39 is 17.9 Å². The molecule has 5 heteroatoms. The molecule has 2 rings (SSSR count). The molecule has 0 fully saturated rings. The van der Waals surface area contributed by atoms with Crippen molar-refractivity contribution < 1.29 is 19.4 Å². The van der Waals surface area contributed by atoms with Crippen LogP contribution in [0.4, 0.5) is 0 Å². The third kappa shape index (κ3) is 4.79. The average Bonchev–Trinajstić information content (AvgIpc) is 2.56. The highest BCUT2D eigenvalue weighted by molar-refractivity contribution is 5.97. The fraction of sp³-hybridized carbons (Fsp3) is 0.556. The van der Waals surface area contributed by atoms with Gasteiger partial charge < -0.3 is 15.2 Å². The van der Waals surface area contributed by atoms with Gasteiger partial charge in [-0.3, -0.25) is 9.59 Å². The van der Waals surface area contributed by atoms with Gasteiger partial charge in [0.05, 0.1) is 19.8 Å². The van der Waals surface area contributed by atoms with Crippen LogP contribution < -0.4 is 5.32 Å². The zero-order valence-corrected chi connectivity index (χ0v) is 13.6. The number of methoxy groups -OCH3 is 1. The first-order valence-electron chi connectivity index (χ1n) is 8.21. The highest BCUT2D eigenvalue weighted by Crippen LogP contribution is 2.19. The monoisotopic (exact) mass is 319 g/mol. The Morgan fingerprint density at radius 2 is 2.00 bits per heavy atom. The first-order chi connectivity index (χ1) is 11.2. The second-order valence-corrected chi connectivity index (χ2v) is 6.04. The topological polar surface area (TPSA) is 75.6 Å². The Kier molecular flexibility index (Phi) is 6.59. The molecule has 0 saturated carbocycles. The minimum absolute atomic E-state index is 0.159. The second kappa shape index (κ2) is 8.67. The number of fused-ring (bicyclic) bond motifs is 1. The Balaban J connectivity index is 2.20. The summed E-state index contributed by atoms with van der Waals surface area (Å²) >= 11 is 0.